The first-order valence-corrected chi connectivity index (χ1v) is 7.33. The van der Waals surface area contributed by atoms with Crippen molar-refractivity contribution in [1.29, 1.82) is 0 Å². The summed E-state index contributed by atoms with van der Waals surface area (Å²) in [7, 11) is 0. The highest BCUT2D eigenvalue weighted by Gasteiger charge is 2.36. The quantitative estimate of drug-likeness (QED) is 0.780. The molecule has 0 fully saturated rings. The van der Waals surface area contributed by atoms with E-state index < -0.39 is 23.5 Å². The Morgan fingerprint density at radius 2 is 1.83 bits per heavy atom. The van der Waals surface area contributed by atoms with Crippen LogP contribution in [-0.2, 0) is 15.1 Å². The standard InChI is InChI=1S/C17H17ClN2O3/c1-17(16(19)23,12-8-5-9-13(18)10-12)20-15(22)14(21)11-6-3-2-4-7-11/h2-10,14,21H,1H3,(H2,19,23)(H,20,22). The zero-order valence-corrected chi connectivity index (χ0v) is 13.2. The van der Waals surface area contributed by atoms with Gasteiger partial charge in [0.2, 0.25) is 5.91 Å². The van der Waals surface area contributed by atoms with Crippen LogP contribution in [0.1, 0.15) is 24.2 Å². The van der Waals surface area contributed by atoms with E-state index in [9.17, 15) is 14.7 Å². The van der Waals surface area contributed by atoms with Crippen LogP contribution in [0.2, 0.25) is 5.02 Å². The van der Waals surface area contributed by atoms with Crippen LogP contribution in [0, 0.1) is 0 Å². The second-order valence-electron chi connectivity index (χ2n) is 5.30. The van der Waals surface area contributed by atoms with Gasteiger partial charge in [0.25, 0.3) is 5.91 Å². The zero-order chi connectivity index (χ0) is 17.0. The van der Waals surface area contributed by atoms with Gasteiger partial charge in [-0.3, -0.25) is 9.59 Å². The van der Waals surface area contributed by atoms with Crippen LogP contribution in [0.4, 0.5) is 0 Å². The molecule has 6 heteroatoms. The lowest BCUT2D eigenvalue weighted by Gasteiger charge is -2.29. The molecule has 0 aromatic heterocycles. The smallest absolute Gasteiger partial charge is 0.254 e. The molecule has 2 atom stereocenters. The van der Waals surface area contributed by atoms with Gasteiger partial charge >= 0.3 is 0 Å². The normalized spacial score (nSPS) is 14.6. The number of carbonyl (C=O) groups is 2. The summed E-state index contributed by atoms with van der Waals surface area (Å²) in [6, 6.07) is 14.9. The minimum absolute atomic E-state index is 0.410. The SMILES string of the molecule is CC(NC(=O)C(O)c1ccccc1)(C(N)=O)c1cccc(Cl)c1. The van der Waals surface area contributed by atoms with E-state index in [4.69, 9.17) is 17.3 Å². The zero-order valence-electron chi connectivity index (χ0n) is 12.5. The number of amides is 2. The molecule has 0 spiro atoms. The van der Waals surface area contributed by atoms with Crippen molar-refractivity contribution < 1.29 is 14.7 Å². The van der Waals surface area contributed by atoms with E-state index >= 15 is 0 Å². The Hall–Kier alpha value is -2.37. The average molecular weight is 333 g/mol. The van der Waals surface area contributed by atoms with E-state index in [0.717, 1.165) is 0 Å². The lowest BCUT2D eigenvalue weighted by atomic mass is 9.90. The fourth-order valence-electron chi connectivity index (χ4n) is 2.18. The van der Waals surface area contributed by atoms with Crippen molar-refractivity contribution in [3.63, 3.8) is 0 Å². The van der Waals surface area contributed by atoms with Gasteiger partial charge in [-0.1, -0.05) is 54.1 Å². The molecule has 0 aliphatic rings. The fourth-order valence-corrected chi connectivity index (χ4v) is 2.37. The van der Waals surface area contributed by atoms with Gasteiger partial charge in [0.15, 0.2) is 6.10 Å². The molecule has 23 heavy (non-hydrogen) atoms. The molecule has 0 bridgehead atoms. The predicted molar refractivity (Wildman–Crippen MR) is 87.5 cm³/mol. The van der Waals surface area contributed by atoms with Crippen LogP contribution in [0.15, 0.2) is 54.6 Å². The number of aliphatic hydroxyl groups is 1. The van der Waals surface area contributed by atoms with E-state index in [-0.39, 0.29) is 0 Å². The number of primary amides is 1. The van der Waals surface area contributed by atoms with Crippen molar-refractivity contribution in [2.45, 2.75) is 18.6 Å². The molecule has 0 heterocycles. The first-order chi connectivity index (χ1) is 10.8. The number of rotatable bonds is 5. The lowest BCUT2D eigenvalue weighted by Crippen LogP contribution is -2.53. The van der Waals surface area contributed by atoms with Crippen LogP contribution in [-0.4, -0.2) is 16.9 Å². The molecule has 0 saturated heterocycles. The Balaban J connectivity index is 2.29. The van der Waals surface area contributed by atoms with Gasteiger partial charge in [-0.25, -0.2) is 0 Å². The van der Waals surface area contributed by atoms with Gasteiger partial charge in [-0.2, -0.15) is 0 Å². The summed E-state index contributed by atoms with van der Waals surface area (Å²) in [6.07, 6.45) is -1.41. The summed E-state index contributed by atoms with van der Waals surface area (Å²) in [4.78, 5) is 24.2. The first-order valence-electron chi connectivity index (χ1n) is 6.95. The van der Waals surface area contributed by atoms with E-state index in [1.165, 1.54) is 6.92 Å². The Labute approximate surface area is 139 Å². The van der Waals surface area contributed by atoms with Gasteiger partial charge < -0.3 is 16.2 Å². The molecule has 2 aromatic carbocycles. The van der Waals surface area contributed by atoms with Crippen molar-refractivity contribution >= 4 is 23.4 Å². The molecule has 2 aromatic rings. The van der Waals surface area contributed by atoms with E-state index in [1.54, 1.807) is 54.6 Å². The van der Waals surface area contributed by atoms with E-state index in [2.05, 4.69) is 5.32 Å². The highest BCUT2D eigenvalue weighted by atomic mass is 35.5. The van der Waals surface area contributed by atoms with Crippen LogP contribution in [0.25, 0.3) is 0 Å². The fraction of sp³-hybridized carbons (Fsp3) is 0.176. The van der Waals surface area contributed by atoms with Crippen molar-refractivity contribution in [3.05, 3.63) is 70.7 Å². The molecule has 0 aliphatic heterocycles. The first kappa shape index (κ1) is 17.0. The molecule has 0 saturated carbocycles. The molecule has 4 N–H and O–H groups in total. The number of benzene rings is 2. The minimum Gasteiger partial charge on any atom is -0.378 e. The van der Waals surface area contributed by atoms with Gasteiger partial charge in [0, 0.05) is 5.02 Å². The number of halogens is 1. The molecule has 2 rings (SSSR count). The van der Waals surface area contributed by atoms with Gasteiger partial charge in [0.1, 0.15) is 5.54 Å². The Morgan fingerprint density at radius 3 is 2.39 bits per heavy atom. The number of hydrogen-bond donors (Lipinski definition) is 3. The number of nitrogens with two attached hydrogens (primary N) is 1. The van der Waals surface area contributed by atoms with Crippen molar-refractivity contribution in [2.75, 3.05) is 0 Å². The van der Waals surface area contributed by atoms with E-state index in [1.807, 2.05) is 0 Å². The second kappa shape index (κ2) is 6.81. The molecule has 5 nitrogen and oxygen atoms in total. The largest absolute Gasteiger partial charge is 0.378 e. The number of carbonyl (C=O) groups excluding carboxylic acids is 2. The third kappa shape index (κ3) is 3.70. The maximum atomic E-state index is 12.3. The molecule has 120 valence electrons. The molecule has 2 amide bonds. The van der Waals surface area contributed by atoms with Gasteiger partial charge in [-0.15, -0.1) is 0 Å². The number of aliphatic hydroxyl groups excluding tert-OH is 1. The Morgan fingerprint density at radius 1 is 1.17 bits per heavy atom. The monoisotopic (exact) mass is 332 g/mol. The maximum absolute atomic E-state index is 12.3. The highest BCUT2D eigenvalue weighted by molar-refractivity contribution is 6.30. The summed E-state index contributed by atoms with van der Waals surface area (Å²) in [5.74, 6) is -1.48. The summed E-state index contributed by atoms with van der Waals surface area (Å²) in [6.45, 7) is 1.47. The molecule has 0 aliphatic carbocycles. The topological polar surface area (TPSA) is 92.4 Å². The lowest BCUT2D eigenvalue weighted by molar-refractivity contribution is -0.136. The Bertz CT molecular complexity index is 721. The van der Waals surface area contributed by atoms with Gasteiger partial charge in [-0.05, 0) is 30.2 Å². The van der Waals surface area contributed by atoms with Crippen molar-refractivity contribution in [3.8, 4) is 0 Å². The number of nitrogens with one attached hydrogen (secondary N) is 1. The second-order valence-corrected chi connectivity index (χ2v) is 5.74. The van der Waals surface area contributed by atoms with Crippen molar-refractivity contribution in [1.82, 2.24) is 5.32 Å². The summed E-state index contributed by atoms with van der Waals surface area (Å²) >= 11 is 5.94. The third-order valence-electron chi connectivity index (χ3n) is 3.63. The summed E-state index contributed by atoms with van der Waals surface area (Å²) in [5, 5.41) is 13.1. The highest BCUT2D eigenvalue weighted by Crippen LogP contribution is 2.25. The molecule has 2 unspecified atom stereocenters. The van der Waals surface area contributed by atoms with Crippen molar-refractivity contribution in [2.24, 2.45) is 5.73 Å². The van der Waals surface area contributed by atoms with Crippen LogP contribution < -0.4 is 11.1 Å². The van der Waals surface area contributed by atoms with Crippen LogP contribution >= 0.6 is 11.6 Å². The summed E-state index contributed by atoms with van der Waals surface area (Å²) in [5.41, 5.74) is 4.83. The maximum Gasteiger partial charge on any atom is 0.254 e. The van der Waals surface area contributed by atoms with E-state index in [0.29, 0.717) is 16.1 Å². The molecule has 0 radical (unpaired) electrons. The average Bonchev–Trinajstić information content (AvgIpc) is 2.54. The third-order valence-corrected chi connectivity index (χ3v) is 3.87. The molecular weight excluding hydrogens is 316 g/mol. The molecular formula is C17H17ClN2O3. The van der Waals surface area contributed by atoms with Crippen LogP contribution in [0.5, 0.6) is 0 Å². The van der Waals surface area contributed by atoms with Gasteiger partial charge in [0.05, 0.1) is 0 Å². The minimum atomic E-state index is -1.49. The van der Waals surface area contributed by atoms with Crippen LogP contribution in [0.3, 0.4) is 0 Å². The predicted octanol–water partition coefficient (Wildman–Crippen LogP) is 1.89. The summed E-state index contributed by atoms with van der Waals surface area (Å²) < 4.78 is 0. The Kier molecular flexibility index (Phi) is 5.03. The number of hydrogen-bond acceptors (Lipinski definition) is 3.